The van der Waals surface area contributed by atoms with E-state index in [0.29, 0.717) is 17.2 Å². The summed E-state index contributed by atoms with van der Waals surface area (Å²) < 4.78 is 51.3. The molecule has 0 bridgehead atoms. The normalized spacial score (nSPS) is 16.3. The average Bonchev–Trinajstić information content (AvgIpc) is 3.22. The highest BCUT2D eigenvalue weighted by Gasteiger charge is 2.37. The van der Waals surface area contributed by atoms with E-state index >= 15 is 0 Å². The number of hydrogen-bond donors (Lipinski definition) is 1. The third kappa shape index (κ3) is 3.58. The molecule has 2 aliphatic heterocycles. The molecule has 0 radical (unpaired) electrons. The van der Waals surface area contributed by atoms with Gasteiger partial charge in [0.1, 0.15) is 5.82 Å². The smallest absolute Gasteiger partial charge is 0.326 e. The van der Waals surface area contributed by atoms with Crippen molar-refractivity contribution in [3.8, 4) is 11.5 Å². The van der Waals surface area contributed by atoms with Crippen molar-refractivity contribution in [1.29, 1.82) is 0 Å². The molecule has 0 fully saturated rings. The number of amides is 1. The number of hydrogen-bond acceptors (Lipinski definition) is 5. The second-order valence-corrected chi connectivity index (χ2v) is 8.30. The molecule has 0 unspecified atom stereocenters. The van der Waals surface area contributed by atoms with Crippen LogP contribution in [0.15, 0.2) is 42.5 Å². The van der Waals surface area contributed by atoms with Gasteiger partial charge in [0.2, 0.25) is 12.7 Å². The van der Waals surface area contributed by atoms with Gasteiger partial charge in [-0.15, -0.1) is 0 Å². The van der Waals surface area contributed by atoms with E-state index in [1.54, 1.807) is 24.3 Å². The molecule has 152 valence electrons. The van der Waals surface area contributed by atoms with E-state index in [1.165, 1.54) is 25.3 Å². The first-order chi connectivity index (χ1) is 13.9. The molecule has 29 heavy (non-hydrogen) atoms. The molecule has 0 spiro atoms. The summed E-state index contributed by atoms with van der Waals surface area (Å²) >= 11 is 0. The van der Waals surface area contributed by atoms with Crippen LogP contribution in [0.25, 0.3) is 6.08 Å². The fourth-order valence-electron chi connectivity index (χ4n) is 3.12. The van der Waals surface area contributed by atoms with Crippen molar-refractivity contribution in [2.24, 2.45) is 0 Å². The summed E-state index contributed by atoms with van der Waals surface area (Å²) in [6, 6.07) is 9.08. The number of anilines is 2. The van der Waals surface area contributed by atoms with Gasteiger partial charge in [0.25, 0.3) is 0 Å². The van der Waals surface area contributed by atoms with E-state index in [1.807, 2.05) is 0 Å². The van der Waals surface area contributed by atoms with E-state index < -0.39 is 16.0 Å². The lowest BCUT2D eigenvalue weighted by atomic mass is 10.2. The minimum Gasteiger partial charge on any atom is -0.454 e. The molecule has 2 aromatic rings. The quantitative estimate of drug-likeness (QED) is 0.748. The Morgan fingerprint density at radius 1 is 1.17 bits per heavy atom. The number of nitrogens with one attached hydrogen (secondary N) is 1. The van der Waals surface area contributed by atoms with Gasteiger partial charge in [-0.2, -0.15) is 8.42 Å². The molecule has 0 saturated heterocycles. The van der Waals surface area contributed by atoms with Crippen LogP contribution in [-0.2, 0) is 15.0 Å². The first-order valence-corrected chi connectivity index (χ1v) is 10.2. The fourth-order valence-corrected chi connectivity index (χ4v) is 4.54. The third-order valence-corrected chi connectivity index (χ3v) is 6.43. The van der Waals surface area contributed by atoms with Crippen LogP contribution in [0.3, 0.4) is 0 Å². The van der Waals surface area contributed by atoms with Crippen molar-refractivity contribution in [2.75, 3.05) is 35.5 Å². The second-order valence-electron chi connectivity index (χ2n) is 6.42. The topological polar surface area (TPSA) is 88.2 Å². The van der Waals surface area contributed by atoms with Crippen LogP contribution in [0.1, 0.15) is 5.56 Å². The number of rotatable bonds is 5. The summed E-state index contributed by atoms with van der Waals surface area (Å²) in [4.78, 5) is 12.1. The number of benzene rings is 2. The Hall–Kier alpha value is -3.27. The molecule has 4 rings (SSSR count). The highest BCUT2D eigenvalue weighted by Crippen LogP contribution is 2.39. The van der Waals surface area contributed by atoms with Crippen molar-refractivity contribution in [3.63, 3.8) is 0 Å². The number of halogens is 1. The monoisotopic (exact) mass is 419 g/mol. The molecule has 0 atom stereocenters. The number of carbonyl (C=O) groups is 1. The van der Waals surface area contributed by atoms with Gasteiger partial charge in [-0.05, 0) is 35.9 Å². The second kappa shape index (κ2) is 7.28. The minimum absolute atomic E-state index is 0.0211. The van der Waals surface area contributed by atoms with Gasteiger partial charge in [0.05, 0.1) is 17.9 Å². The van der Waals surface area contributed by atoms with Crippen LogP contribution in [-0.4, -0.2) is 41.3 Å². The highest BCUT2D eigenvalue weighted by molar-refractivity contribution is 7.94. The van der Waals surface area contributed by atoms with E-state index in [-0.39, 0.29) is 31.5 Å². The van der Waals surface area contributed by atoms with Crippen LogP contribution in [0.5, 0.6) is 11.5 Å². The predicted octanol–water partition coefficient (Wildman–Crippen LogP) is 1.88. The van der Waals surface area contributed by atoms with Gasteiger partial charge in [-0.3, -0.25) is 9.10 Å². The van der Waals surface area contributed by atoms with Gasteiger partial charge in [0.15, 0.2) is 11.5 Å². The SMILES string of the molecule is CN1c2ccc(F)cc2N(CCNC(=O)C=Cc2ccc3c(c2)OCO3)S1(=O)=O. The lowest BCUT2D eigenvalue weighted by Crippen LogP contribution is -2.40. The molecule has 0 saturated carbocycles. The van der Waals surface area contributed by atoms with E-state index in [4.69, 9.17) is 9.47 Å². The zero-order valence-corrected chi connectivity index (χ0v) is 16.3. The molecule has 2 aromatic carbocycles. The summed E-state index contributed by atoms with van der Waals surface area (Å²) in [5, 5.41) is 2.63. The first-order valence-electron chi connectivity index (χ1n) is 8.78. The summed E-state index contributed by atoms with van der Waals surface area (Å²) in [6.45, 7) is 0.213. The minimum atomic E-state index is -3.80. The zero-order chi connectivity index (χ0) is 20.6. The average molecular weight is 419 g/mol. The molecule has 8 nitrogen and oxygen atoms in total. The molecule has 2 heterocycles. The summed E-state index contributed by atoms with van der Waals surface area (Å²) in [5.41, 5.74) is 1.40. The van der Waals surface area contributed by atoms with Gasteiger partial charge in [-0.1, -0.05) is 6.07 Å². The van der Waals surface area contributed by atoms with Crippen LogP contribution in [0.4, 0.5) is 15.8 Å². The maximum absolute atomic E-state index is 13.6. The molecule has 0 aromatic heterocycles. The Morgan fingerprint density at radius 2 is 1.97 bits per heavy atom. The van der Waals surface area contributed by atoms with Crippen LogP contribution in [0.2, 0.25) is 0 Å². The number of carbonyl (C=O) groups excluding carboxylic acids is 1. The molecular formula is C19H18FN3O5S. The number of nitrogens with zero attached hydrogens (tertiary/aromatic N) is 2. The van der Waals surface area contributed by atoms with Crippen molar-refractivity contribution in [2.45, 2.75) is 0 Å². The Kier molecular flexibility index (Phi) is 4.79. The maximum atomic E-state index is 13.6. The predicted molar refractivity (Wildman–Crippen MR) is 106 cm³/mol. The van der Waals surface area contributed by atoms with E-state index in [9.17, 15) is 17.6 Å². The Bertz CT molecular complexity index is 1100. The van der Waals surface area contributed by atoms with Crippen LogP contribution >= 0.6 is 0 Å². The van der Waals surface area contributed by atoms with Crippen molar-refractivity contribution < 1.29 is 27.1 Å². The number of fused-ring (bicyclic) bond motifs is 2. The van der Waals surface area contributed by atoms with Gasteiger partial charge in [0, 0.05) is 25.7 Å². The largest absolute Gasteiger partial charge is 0.454 e. The Morgan fingerprint density at radius 3 is 2.79 bits per heavy atom. The van der Waals surface area contributed by atoms with Gasteiger partial charge >= 0.3 is 10.2 Å². The lowest BCUT2D eigenvalue weighted by Gasteiger charge is -2.19. The Balaban J connectivity index is 1.37. The standard InChI is InChI=1S/C19H18FN3O5S/c1-22-15-5-4-14(20)11-16(15)23(29(22,25)26)9-8-21-19(24)7-3-13-2-6-17-18(10-13)28-12-27-17/h2-7,10-11H,8-9,12H2,1H3,(H,21,24). The molecule has 1 N–H and O–H groups in total. The van der Waals surface area contributed by atoms with E-state index in [0.717, 1.165) is 20.2 Å². The zero-order valence-electron chi connectivity index (χ0n) is 15.5. The van der Waals surface area contributed by atoms with E-state index in [2.05, 4.69) is 5.32 Å². The maximum Gasteiger partial charge on any atom is 0.326 e. The van der Waals surface area contributed by atoms with Crippen molar-refractivity contribution in [1.82, 2.24) is 5.32 Å². The van der Waals surface area contributed by atoms with Crippen molar-refractivity contribution >= 4 is 33.6 Å². The summed E-state index contributed by atoms with van der Waals surface area (Å²) in [5.74, 6) is 0.351. The molecule has 10 heteroatoms. The van der Waals surface area contributed by atoms with Crippen LogP contribution in [0, 0.1) is 5.82 Å². The molecular weight excluding hydrogens is 401 g/mol. The number of ether oxygens (including phenoxy) is 2. The van der Waals surface area contributed by atoms with Crippen LogP contribution < -0.4 is 23.4 Å². The summed E-state index contributed by atoms with van der Waals surface area (Å²) in [6.07, 6.45) is 2.96. The van der Waals surface area contributed by atoms with Gasteiger partial charge < -0.3 is 14.8 Å². The third-order valence-electron chi connectivity index (χ3n) is 4.61. The van der Waals surface area contributed by atoms with Crippen molar-refractivity contribution in [3.05, 3.63) is 53.9 Å². The lowest BCUT2D eigenvalue weighted by molar-refractivity contribution is -0.116. The summed E-state index contributed by atoms with van der Waals surface area (Å²) in [7, 11) is -2.39. The van der Waals surface area contributed by atoms with Gasteiger partial charge in [-0.25, -0.2) is 8.70 Å². The molecule has 0 aliphatic carbocycles. The highest BCUT2D eigenvalue weighted by atomic mass is 32.2. The molecule has 2 aliphatic rings. The first kappa shape index (κ1) is 19.1. The Labute approximate surface area is 167 Å². The fraction of sp³-hybridized carbons (Fsp3) is 0.211. The molecule has 1 amide bonds.